The van der Waals surface area contributed by atoms with Crippen LogP contribution in [-0.2, 0) is 9.53 Å². The highest BCUT2D eigenvalue weighted by atomic mass is 16.6. The second-order valence-corrected chi connectivity index (χ2v) is 7.87. The van der Waals surface area contributed by atoms with Crippen LogP contribution in [0.5, 0.6) is 5.75 Å². The van der Waals surface area contributed by atoms with Gasteiger partial charge >= 0.3 is 11.9 Å². The summed E-state index contributed by atoms with van der Waals surface area (Å²) in [6.07, 6.45) is 10.1. The molecule has 0 bridgehead atoms. The zero-order valence-electron chi connectivity index (χ0n) is 19.2. The smallest absolute Gasteiger partial charge is 0.345 e. The first kappa shape index (κ1) is 25.3. The molecule has 0 fully saturated rings. The van der Waals surface area contributed by atoms with E-state index < -0.39 is 11.9 Å². The van der Waals surface area contributed by atoms with Crippen LogP contribution in [0.25, 0.3) is 0 Å². The van der Waals surface area contributed by atoms with Crippen molar-refractivity contribution in [3.05, 3.63) is 65.2 Å². The molecule has 172 valence electrons. The van der Waals surface area contributed by atoms with Gasteiger partial charge in [0.2, 0.25) is 0 Å². The quantitative estimate of drug-likeness (QED) is 0.145. The zero-order chi connectivity index (χ0) is 23.2. The molecule has 0 saturated carbocycles. The lowest BCUT2D eigenvalue weighted by Gasteiger charge is -2.08. The summed E-state index contributed by atoms with van der Waals surface area (Å²) in [5.41, 5.74) is 1.03. The van der Waals surface area contributed by atoms with Crippen molar-refractivity contribution < 1.29 is 23.9 Å². The number of carbonyl (C=O) groups is 3. The van der Waals surface area contributed by atoms with E-state index in [1.807, 2.05) is 0 Å². The highest BCUT2D eigenvalue weighted by Gasteiger charge is 2.15. The number of ether oxygens (including phenoxy) is 2. The van der Waals surface area contributed by atoms with Crippen LogP contribution in [-0.4, -0.2) is 24.3 Å². The average molecular weight is 439 g/mol. The van der Waals surface area contributed by atoms with Crippen LogP contribution in [0.15, 0.2) is 48.5 Å². The van der Waals surface area contributed by atoms with Crippen molar-refractivity contribution in [1.82, 2.24) is 0 Å². The summed E-state index contributed by atoms with van der Waals surface area (Å²) in [6.45, 7) is 4.51. The molecule has 2 aromatic rings. The summed E-state index contributed by atoms with van der Waals surface area (Å²) in [6, 6.07) is 13.2. The Bertz CT molecular complexity index is 870. The van der Waals surface area contributed by atoms with Gasteiger partial charge in [0.05, 0.1) is 12.2 Å². The van der Waals surface area contributed by atoms with E-state index in [1.165, 1.54) is 57.1 Å². The van der Waals surface area contributed by atoms with Gasteiger partial charge in [-0.05, 0) is 42.8 Å². The third-order valence-corrected chi connectivity index (χ3v) is 5.24. The molecule has 0 spiro atoms. The number of hydrogen-bond donors (Lipinski definition) is 0. The summed E-state index contributed by atoms with van der Waals surface area (Å²) in [5, 5.41) is 0. The van der Waals surface area contributed by atoms with Gasteiger partial charge in [0, 0.05) is 17.5 Å². The normalized spacial score (nSPS) is 10.6. The van der Waals surface area contributed by atoms with Crippen LogP contribution in [0.2, 0.25) is 0 Å². The monoisotopic (exact) mass is 438 g/mol. The van der Waals surface area contributed by atoms with Gasteiger partial charge in [-0.2, -0.15) is 0 Å². The Labute approximate surface area is 191 Å². The van der Waals surface area contributed by atoms with E-state index in [2.05, 4.69) is 6.92 Å². The van der Waals surface area contributed by atoms with Crippen LogP contribution < -0.4 is 4.74 Å². The Balaban J connectivity index is 1.81. The predicted molar refractivity (Wildman–Crippen MR) is 125 cm³/mol. The largest absolute Gasteiger partial charge is 0.494 e. The van der Waals surface area contributed by atoms with Gasteiger partial charge in [0.25, 0.3) is 0 Å². The Hall–Kier alpha value is -2.95. The van der Waals surface area contributed by atoms with Crippen molar-refractivity contribution in [2.45, 2.75) is 71.6 Å². The highest BCUT2D eigenvalue weighted by Crippen LogP contribution is 2.17. The Morgan fingerprint density at radius 2 is 1.34 bits per heavy atom. The minimum absolute atomic E-state index is 0.109. The molecule has 5 nitrogen and oxygen atoms in total. The third-order valence-electron chi connectivity index (χ3n) is 5.24. The molecule has 0 aliphatic heterocycles. The molecule has 0 heterocycles. The highest BCUT2D eigenvalue weighted by molar-refractivity contribution is 6.10. The maximum Gasteiger partial charge on any atom is 0.345 e. The zero-order valence-corrected chi connectivity index (χ0v) is 19.2. The topological polar surface area (TPSA) is 69.7 Å². The fourth-order valence-corrected chi connectivity index (χ4v) is 3.32. The van der Waals surface area contributed by atoms with Crippen LogP contribution >= 0.6 is 0 Å². The fraction of sp³-hybridized carbons (Fsp3) is 0.444. The number of esters is 2. The minimum Gasteiger partial charge on any atom is -0.494 e. The molecule has 2 aromatic carbocycles. The number of ketones is 1. The van der Waals surface area contributed by atoms with E-state index in [0.717, 1.165) is 12.2 Å². The van der Waals surface area contributed by atoms with Crippen LogP contribution in [0, 0.1) is 0 Å². The summed E-state index contributed by atoms with van der Waals surface area (Å²) in [4.78, 5) is 36.1. The lowest BCUT2D eigenvalue weighted by Crippen LogP contribution is -2.12. The van der Waals surface area contributed by atoms with E-state index in [9.17, 15) is 14.4 Å². The van der Waals surface area contributed by atoms with Gasteiger partial charge in [-0.1, -0.05) is 70.9 Å². The molecule has 0 saturated heterocycles. The number of benzene rings is 2. The minimum atomic E-state index is -0.754. The molecule has 2 rings (SSSR count). The van der Waals surface area contributed by atoms with E-state index >= 15 is 0 Å². The molecule has 0 amide bonds. The first-order valence-electron chi connectivity index (χ1n) is 11.7. The van der Waals surface area contributed by atoms with Gasteiger partial charge in [-0.3, -0.25) is 9.59 Å². The predicted octanol–water partition coefficient (Wildman–Crippen LogP) is 6.53. The van der Waals surface area contributed by atoms with Gasteiger partial charge in [0.15, 0.2) is 5.78 Å². The van der Waals surface area contributed by atoms with E-state index in [4.69, 9.17) is 9.47 Å². The molecule has 0 atom stereocenters. The molecule has 0 N–H and O–H groups in total. The van der Waals surface area contributed by atoms with E-state index in [0.29, 0.717) is 17.7 Å². The molecule has 0 aliphatic carbocycles. The third kappa shape index (κ3) is 8.66. The Morgan fingerprint density at radius 3 is 2.00 bits per heavy atom. The SMILES string of the molecule is CCCCCCCCCCOc1ccc(C(=O)c2cccc(C(=O)OC(=O)CC)c2)cc1. The first-order chi connectivity index (χ1) is 15.5. The fourth-order valence-electron chi connectivity index (χ4n) is 3.32. The molecule has 0 aromatic heterocycles. The molecular weight excluding hydrogens is 404 g/mol. The van der Waals surface area contributed by atoms with Gasteiger partial charge in [-0.25, -0.2) is 4.79 Å². The summed E-state index contributed by atoms with van der Waals surface area (Å²) < 4.78 is 10.5. The second kappa shape index (κ2) is 14.2. The van der Waals surface area contributed by atoms with Gasteiger partial charge in [0.1, 0.15) is 5.75 Å². The van der Waals surface area contributed by atoms with Crippen molar-refractivity contribution in [1.29, 1.82) is 0 Å². The second-order valence-electron chi connectivity index (χ2n) is 7.87. The molecule has 32 heavy (non-hydrogen) atoms. The maximum atomic E-state index is 12.8. The van der Waals surface area contributed by atoms with E-state index in [1.54, 1.807) is 43.3 Å². The molecule has 5 heteroatoms. The molecular formula is C27H34O5. The van der Waals surface area contributed by atoms with Crippen LogP contribution in [0.4, 0.5) is 0 Å². The number of rotatable bonds is 14. The van der Waals surface area contributed by atoms with Crippen molar-refractivity contribution in [3.8, 4) is 5.75 Å². The van der Waals surface area contributed by atoms with Crippen molar-refractivity contribution in [2.75, 3.05) is 6.61 Å². The van der Waals surface area contributed by atoms with E-state index in [-0.39, 0.29) is 17.8 Å². The van der Waals surface area contributed by atoms with Crippen LogP contribution in [0.3, 0.4) is 0 Å². The maximum absolute atomic E-state index is 12.8. The van der Waals surface area contributed by atoms with Gasteiger partial charge < -0.3 is 9.47 Å². The molecule has 0 unspecified atom stereocenters. The summed E-state index contributed by atoms with van der Waals surface area (Å²) in [5.74, 6) is -0.832. The molecule has 0 aliphatic rings. The number of carbonyl (C=O) groups excluding carboxylic acids is 3. The standard InChI is InChI=1S/C27H34O5/c1-3-5-6-7-8-9-10-11-19-31-24-17-15-21(16-18-24)26(29)22-13-12-14-23(20-22)27(30)32-25(28)4-2/h12-18,20H,3-11,19H2,1-2H3. The Kier molecular flexibility index (Phi) is 11.2. The summed E-state index contributed by atoms with van der Waals surface area (Å²) in [7, 11) is 0. The van der Waals surface area contributed by atoms with Crippen molar-refractivity contribution >= 4 is 17.7 Å². The first-order valence-corrected chi connectivity index (χ1v) is 11.7. The molecule has 0 radical (unpaired) electrons. The van der Waals surface area contributed by atoms with Crippen LogP contribution in [0.1, 0.15) is 97.9 Å². The Morgan fingerprint density at radius 1 is 0.719 bits per heavy atom. The lowest BCUT2D eigenvalue weighted by molar-refractivity contribution is -0.137. The van der Waals surface area contributed by atoms with Crippen molar-refractivity contribution in [3.63, 3.8) is 0 Å². The van der Waals surface area contributed by atoms with Gasteiger partial charge in [-0.15, -0.1) is 0 Å². The average Bonchev–Trinajstić information content (AvgIpc) is 2.83. The van der Waals surface area contributed by atoms with Crippen molar-refractivity contribution in [2.24, 2.45) is 0 Å². The number of hydrogen-bond acceptors (Lipinski definition) is 5. The number of unbranched alkanes of at least 4 members (excludes halogenated alkanes) is 7. The summed E-state index contributed by atoms with van der Waals surface area (Å²) >= 11 is 0. The lowest BCUT2D eigenvalue weighted by atomic mass is 10.0.